The summed E-state index contributed by atoms with van der Waals surface area (Å²) in [5.74, 6) is 2.06. The van der Waals surface area contributed by atoms with E-state index in [4.69, 9.17) is 0 Å². The van der Waals surface area contributed by atoms with Gasteiger partial charge in [-0.15, -0.1) is 0 Å². The van der Waals surface area contributed by atoms with Crippen LogP contribution in [0.15, 0.2) is 0 Å². The van der Waals surface area contributed by atoms with Crippen molar-refractivity contribution in [2.24, 2.45) is 5.92 Å². The van der Waals surface area contributed by atoms with Crippen molar-refractivity contribution in [3.8, 4) is 0 Å². The van der Waals surface area contributed by atoms with Gasteiger partial charge in [-0.2, -0.15) is 12.6 Å². The van der Waals surface area contributed by atoms with Gasteiger partial charge in [-0.3, -0.25) is 0 Å². The van der Waals surface area contributed by atoms with Gasteiger partial charge in [0.05, 0.1) is 0 Å². The van der Waals surface area contributed by atoms with Crippen LogP contribution in [0.3, 0.4) is 0 Å². The predicted octanol–water partition coefficient (Wildman–Crippen LogP) is 4.69. The minimum absolute atomic E-state index is 0.993. The minimum atomic E-state index is 0.993. The average molecular weight is 202 g/mol. The van der Waals surface area contributed by atoms with Crippen LogP contribution >= 0.6 is 12.6 Å². The Labute approximate surface area is 89.9 Å². The van der Waals surface area contributed by atoms with Gasteiger partial charge >= 0.3 is 0 Å². The van der Waals surface area contributed by atoms with E-state index in [0.29, 0.717) is 0 Å². The summed E-state index contributed by atoms with van der Waals surface area (Å²) in [6.07, 6.45) is 11.1. The Hall–Kier alpha value is 0.350. The van der Waals surface area contributed by atoms with Gasteiger partial charge in [-0.25, -0.2) is 0 Å². The Bertz CT molecular complexity index is 72.1. The third-order valence-electron chi connectivity index (χ3n) is 2.70. The summed E-state index contributed by atoms with van der Waals surface area (Å²) in [6, 6.07) is 0. The van der Waals surface area contributed by atoms with Gasteiger partial charge in [-0.1, -0.05) is 52.4 Å². The lowest BCUT2D eigenvalue weighted by Crippen LogP contribution is -2.01. The van der Waals surface area contributed by atoms with Crippen molar-refractivity contribution in [1.29, 1.82) is 0 Å². The number of rotatable bonds is 9. The third kappa shape index (κ3) is 8.67. The first kappa shape index (κ1) is 13.4. The van der Waals surface area contributed by atoms with Crippen LogP contribution in [0, 0.1) is 5.92 Å². The van der Waals surface area contributed by atoms with Crippen molar-refractivity contribution < 1.29 is 0 Å². The molecule has 0 rings (SSSR count). The molecule has 0 aliphatic rings. The topological polar surface area (TPSA) is 0 Å². The smallest absolute Gasteiger partial charge is 0.00978 e. The number of thiol groups is 1. The lowest BCUT2D eigenvalue weighted by molar-refractivity contribution is 0.391. The van der Waals surface area contributed by atoms with Crippen LogP contribution in [0.2, 0.25) is 0 Å². The summed E-state index contributed by atoms with van der Waals surface area (Å²) in [4.78, 5) is 0. The fourth-order valence-electron chi connectivity index (χ4n) is 1.80. The van der Waals surface area contributed by atoms with Gasteiger partial charge in [0.25, 0.3) is 0 Å². The first-order chi connectivity index (χ1) is 6.35. The lowest BCUT2D eigenvalue weighted by atomic mass is 9.92. The van der Waals surface area contributed by atoms with Crippen LogP contribution in [0.4, 0.5) is 0 Å². The molecule has 0 amide bonds. The van der Waals surface area contributed by atoms with Crippen molar-refractivity contribution in [2.45, 2.75) is 65.2 Å². The Balaban J connectivity index is 3.47. The van der Waals surface area contributed by atoms with Crippen molar-refractivity contribution in [1.82, 2.24) is 0 Å². The van der Waals surface area contributed by atoms with Crippen LogP contribution in [0.25, 0.3) is 0 Å². The summed E-state index contributed by atoms with van der Waals surface area (Å²) in [5, 5.41) is 0. The Morgan fingerprint density at radius 2 is 1.31 bits per heavy atom. The molecule has 0 aliphatic heterocycles. The molecule has 0 aromatic heterocycles. The van der Waals surface area contributed by atoms with Crippen LogP contribution in [0.5, 0.6) is 0 Å². The van der Waals surface area contributed by atoms with E-state index in [1.54, 1.807) is 0 Å². The highest BCUT2D eigenvalue weighted by atomic mass is 32.1. The third-order valence-corrected chi connectivity index (χ3v) is 3.02. The van der Waals surface area contributed by atoms with E-state index < -0.39 is 0 Å². The molecular weight excluding hydrogens is 176 g/mol. The van der Waals surface area contributed by atoms with Gasteiger partial charge < -0.3 is 0 Å². The first-order valence-electron chi connectivity index (χ1n) is 5.96. The van der Waals surface area contributed by atoms with Gasteiger partial charge in [0.15, 0.2) is 0 Å². The number of unbranched alkanes of at least 4 members (excludes halogenated alkanes) is 2. The van der Waals surface area contributed by atoms with E-state index in [2.05, 4.69) is 26.5 Å². The summed E-state index contributed by atoms with van der Waals surface area (Å²) in [6.45, 7) is 4.57. The van der Waals surface area contributed by atoms with E-state index in [1.807, 2.05) is 0 Å². The zero-order valence-electron chi connectivity index (χ0n) is 9.39. The molecule has 0 heterocycles. The highest BCUT2D eigenvalue weighted by Crippen LogP contribution is 2.21. The molecule has 0 N–H and O–H groups in total. The number of hydrogen-bond acceptors (Lipinski definition) is 1. The second-order valence-corrected chi connectivity index (χ2v) is 4.46. The van der Waals surface area contributed by atoms with Crippen LogP contribution < -0.4 is 0 Å². The zero-order valence-corrected chi connectivity index (χ0v) is 10.3. The fourth-order valence-corrected chi connectivity index (χ4v) is 1.98. The quantitative estimate of drug-likeness (QED) is 0.515. The van der Waals surface area contributed by atoms with Gasteiger partial charge in [0, 0.05) is 0 Å². The molecule has 0 bridgehead atoms. The maximum Gasteiger partial charge on any atom is -0.00978 e. The van der Waals surface area contributed by atoms with Gasteiger partial charge in [-0.05, 0) is 24.5 Å². The highest BCUT2D eigenvalue weighted by Gasteiger charge is 2.06. The van der Waals surface area contributed by atoms with E-state index in [1.165, 1.54) is 51.4 Å². The van der Waals surface area contributed by atoms with Crippen LogP contribution in [-0.2, 0) is 0 Å². The van der Waals surface area contributed by atoms with E-state index in [9.17, 15) is 0 Å². The Morgan fingerprint density at radius 1 is 0.846 bits per heavy atom. The SMILES string of the molecule is CCCCC(CCCC)CCCS. The van der Waals surface area contributed by atoms with Crippen molar-refractivity contribution >= 4 is 12.6 Å². The standard InChI is InChI=1S/C12H26S/c1-3-5-8-12(9-6-4-2)10-7-11-13/h12-13H,3-11H2,1-2H3. The Kier molecular flexibility index (Phi) is 10.7. The molecule has 0 radical (unpaired) electrons. The maximum absolute atomic E-state index is 4.28. The van der Waals surface area contributed by atoms with E-state index >= 15 is 0 Å². The van der Waals surface area contributed by atoms with Gasteiger partial charge in [0.2, 0.25) is 0 Å². The molecular formula is C12H26S. The molecule has 0 saturated heterocycles. The fraction of sp³-hybridized carbons (Fsp3) is 1.00. The first-order valence-corrected chi connectivity index (χ1v) is 6.59. The zero-order chi connectivity index (χ0) is 9.94. The number of hydrogen-bond donors (Lipinski definition) is 1. The largest absolute Gasteiger partial charge is 0.179 e. The molecule has 0 nitrogen and oxygen atoms in total. The van der Waals surface area contributed by atoms with E-state index in [0.717, 1.165) is 11.7 Å². The van der Waals surface area contributed by atoms with Crippen LogP contribution in [0.1, 0.15) is 65.2 Å². The minimum Gasteiger partial charge on any atom is -0.179 e. The molecule has 0 spiro atoms. The highest BCUT2D eigenvalue weighted by molar-refractivity contribution is 7.80. The summed E-state index contributed by atoms with van der Waals surface area (Å²) in [5.41, 5.74) is 0. The summed E-state index contributed by atoms with van der Waals surface area (Å²) >= 11 is 4.28. The molecule has 1 heteroatoms. The van der Waals surface area contributed by atoms with Crippen molar-refractivity contribution in [3.63, 3.8) is 0 Å². The molecule has 13 heavy (non-hydrogen) atoms. The monoisotopic (exact) mass is 202 g/mol. The molecule has 0 aromatic carbocycles. The maximum atomic E-state index is 4.28. The summed E-state index contributed by atoms with van der Waals surface area (Å²) < 4.78 is 0. The molecule has 0 aromatic rings. The second-order valence-electron chi connectivity index (χ2n) is 4.02. The molecule has 0 atom stereocenters. The van der Waals surface area contributed by atoms with Crippen molar-refractivity contribution in [3.05, 3.63) is 0 Å². The lowest BCUT2D eigenvalue weighted by Gasteiger charge is -2.15. The molecule has 80 valence electrons. The molecule has 0 saturated carbocycles. The van der Waals surface area contributed by atoms with Crippen molar-refractivity contribution in [2.75, 3.05) is 5.75 Å². The molecule has 0 unspecified atom stereocenters. The predicted molar refractivity (Wildman–Crippen MR) is 65.6 cm³/mol. The molecule has 0 fully saturated rings. The van der Waals surface area contributed by atoms with E-state index in [-0.39, 0.29) is 0 Å². The average Bonchev–Trinajstić information content (AvgIpc) is 2.17. The molecule has 0 aliphatic carbocycles. The van der Waals surface area contributed by atoms with Gasteiger partial charge in [0.1, 0.15) is 0 Å². The normalized spacial score (nSPS) is 11.1. The summed E-state index contributed by atoms with van der Waals surface area (Å²) in [7, 11) is 0. The Morgan fingerprint density at radius 3 is 1.69 bits per heavy atom. The van der Waals surface area contributed by atoms with Crippen LogP contribution in [-0.4, -0.2) is 5.75 Å². The second kappa shape index (κ2) is 10.4.